The number of ether oxygens (including phenoxy) is 1. The van der Waals surface area contributed by atoms with E-state index in [9.17, 15) is 14.4 Å². The van der Waals surface area contributed by atoms with Crippen molar-refractivity contribution in [2.24, 2.45) is 17.8 Å². The maximum atomic E-state index is 12.0. The van der Waals surface area contributed by atoms with Crippen LogP contribution in [0.2, 0.25) is 0 Å². The van der Waals surface area contributed by atoms with Gasteiger partial charge in [0.1, 0.15) is 12.6 Å². The number of methoxy groups -OCH3 is 1. The van der Waals surface area contributed by atoms with Crippen LogP contribution in [0.15, 0.2) is 0 Å². The maximum Gasteiger partial charge on any atom is 0.308 e. The molecule has 6 heteroatoms. The van der Waals surface area contributed by atoms with Gasteiger partial charge in [0.25, 0.3) is 0 Å². The van der Waals surface area contributed by atoms with Gasteiger partial charge in [-0.25, -0.2) is 0 Å². The lowest BCUT2D eigenvalue weighted by atomic mass is 9.77. The summed E-state index contributed by atoms with van der Waals surface area (Å²) in [5.41, 5.74) is -0.0216. The van der Waals surface area contributed by atoms with Gasteiger partial charge in [-0.05, 0) is 51.4 Å². The molecule has 0 aromatic rings. The Morgan fingerprint density at radius 3 is 1.62 bits per heavy atom. The number of hydrogen-bond donors (Lipinski definition) is 0. The molecule has 2 aliphatic heterocycles. The molecule has 3 fully saturated rings. The number of aldehydes is 2. The van der Waals surface area contributed by atoms with Gasteiger partial charge in [-0.1, -0.05) is 0 Å². The first-order valence-corrected chi connectivity index (χ1v) is 10.1. The van der Waals surface area contributed by atoms with Crippen molar-refractivity contribution in [3.8, 4) is 0 Å². The molecule has 2 heterocycles. The van der Waals surface area contributed by atoms with Gasteiger partial charge in [-0.3, -0.25) is 14.6 Å². The zero-order chi connectivity index (χ0) is 18.6. The molecule has 6 nitrogen and oxygen atoms in total. The van der Waals surface area contributed by atoms with E-state index in [-0.39, 0.29) is 29.4 Å². The van der Waals surface area contributed by atoms with Crippen molar-refractivity contribution in [1.82, 2.24) is 9.80 Å². The van der Waals surface area contributed by atoms with Gasteiger partial charge in [-0.2, -0.15) is 0 Å². The summed E-state index contributed by atoms with van der Waals surface area (Å²) in [6, 6.07) is 0. The highest BCUT2D eigenvalue weighted by Crippen LogP contribution is 2.42. The monoisotopic (exact) mass is 364 g/mol. The standard InChI is InChI=1S/C20H32N2O4/c1-26-19(25)18-2-8-20(9-3-18,21-10-4-16(14-23)5-11-21)22-12-6-17(15-24)7-13-22/h14-18H,2-13H2,1H3. The highest BCUT2D eigenvalue weighted by atomic mass is 16.5. The Bertz CT molecular complexity index is 470. The molecule has 0 unspecified atom stereocenters. The predicted molar refractivity (Wildman–Crippen MR) is 97.4 cm³/mol. The minimum absolute atomic E-state index is 0.00755. The molecule has 1 aliphatic carbocycles. The largest absolute Gasteiger partial charge is 0.469 e. The number of likely N-dealkylation sites (tertiary alicyclic amines) is 2. The zero-order valence-corrected chi connectivity index (χ0v) is 15.9. The van der Waals surface area contributed by atoms with E-state index in [1.807, 2.05) is 0 Å². The van der Waals surface area contributed by atoms with Crippen LogP contribution in [-0.2, 0) is 19.1 Å². The number of hydrogen-bond acceptors (Lipinski definition) is 6. The second-order valence-corrected chi connectivity index (χ2v) is 8.20. The lowest BCUT2D eigenvalue weighted by Gasteiger charge is -2.56. The first-order valence-electron chi connectivity index (χ1n) is 10.1. The van der Waals surface area contributed by atoms with Crippen LogP contribution in [0.25, 0.3) is 0 Å². The normalized spacial score (nSPS) is 27.1. The van der Waals surface area contributed by atoms with Crippen molar-refractivity contribution in [2.75, 3.05) is 33.3 Å². The van der Waals surface area contributed by atoms with Crippen LogP contribution in [0.3, 0.4) is 0 Å². The van der Waals surface area contributed by atoms with Crippen LogP contribution in [0, 0.1) is 17.8 Å². The van der Waals surface area contributed by atoms with Crippen LogP contribution in [0.1, 0.15) is 51.4 Å². The molecule has 0 amide bonds. The molecule has 3 rings (SSSR count). The third-order valence-corrected chi connectivity index (χ3v) is 6.96. The number of piperidine rings is 2. The van der Waals surface area contributed by atoms with E-state index in [0.717, 1.165) is 90.1 Å². The molecule has 0 aromatic carbocycles. The number of esters is 1. The topological polar surface area (TPSA) is 66.9 Å². The Balaban J connectivity index is 1.73. The summed E-state index contributed by atoms with van der Waals surface area (Å²) in [5.74, 6) is 0.303. The van der Waals surface area contributed by atoms with E-state index >= 15 is 0 Å². The van der Waals surface area contributed by atoms with Crippen molar-refractivity contribution >= 4 is 18.5 Å². The minimum atomic E-state index is -0.0853. The number of rotatable bonds is 5. The summed E-state index contributed by atoms with van der Waals surface area (Å²) in [6.07, 6.45) is 9.55. The summed E-state index contributed by atoms with van der Waals surface area (Å²) in [6.45, 7) is 3.78. The molecule has 0 atom stereocenters. The van der Waals surface area contributed by atoms with Gasteiger partial charge in [0.05, 0.1) is 18.7 Å². The Morgan fingerprint density at radius 2 is 1.27 bits per heavy atom. The molecule has 0 radical (unpaired) electrons. The average molecular weight is 364 g/mol. The number of carbonyl (C=O) groups excluding carboxylic acids is 3. The molecule has 26 heavy (non-hydrogen) atoms. The summed E-state index contributed by atoms with van der Waals surface area (Å²) < 4.78 is 4.96. The molecule has 2 saturated heterocycles. The molecular formula is C20H32N2O4. The van der Waals surface area contributed by atoms with Gasteiger partial charge < -0.3 is 14.3 Å². The molecule has 3 aliphatic rings. The highest BCUT2D eigenvalue weighted by molar-refractivity contribution is 5.72. The first-order chi connectivity index (χ1) is 12.6. The van der Waals surface area contributed by atoms with Crippen molar-refractivity contribution in [1.29, 1.82) is 0 Å². The van der Waals surface area contributed by atoms with E-state index in [2.05, 4.69) is 9.80 Å². The van der Waals surface area contributed by atoms with Crippen LogP contribution in [-0.4, -0.2) is 67.3 Å². The lowest BCUT2D eigenvalue weighted by Crippen LogP contribution is -2.65. The van der Waals surface area contributed by atoms with Gasteiger partial charge in [0, 0.05) is 38.0 Å². The van der Waals surface area contributed by atoms with Crippen LogP contribution >= 0.6 is 0 Å². The molecule has 0 N–H and O–H groups in total. The number of carbonyl (C=O) groups is 3. The lowest BCUT2D eigenvalue weighted by molar-refractivity contribution is -0.154. The Hall–Kier alpha value is -1.27. The third-order valence-electron chi connectivity index (χ3n) is 6.96. The van der Waals surface area contributed by atoms with Crippen LogP contribution in [0.5, 0.6) is 0 Å². The Morgan fingerprint density at radius 1 is 0.846 bits per heavy atom. The van der Waals surface area contributed by atoms with Gasteiger partial charge >= 0.3 is 5.97 Å². The molecular weight excluding hydrogens is 332 g/mol. The summed E-state index contributed by atoms with van der Waals surface area (Å²) >= 11 is 0. The van der Waals surface area contributed by atoms with Crippen molar-refractivity contribution in [2.45, 2.75) is 57.0 Å². The summed E-state index contributed by atoms with van der Waals surface area (Å²) in [4.78, 5) is 39.4. The molecule has 146 valence electrons. The number of nitrogens with zero attached hydrogens (tertiary/aromatic N) is 2. The summed E-state index contributed by atoms with van der Waals surface area (Å²) in [7, 11) is 1.47. The minimum Gasteiger partial charge on any atom is -0.469 e. The van der Waals surface area contributed by atoms with Crippen molar-refractivity contribution in [3.63, 3.8) is 0 Å². The van der Waals surface area contributed by atoms with Gasteiger partial charge in [0.2, 0.25) is 0 Å². The molecule has 0 spiro atoms. The molecule has 0 bridgehead atoms. The van der Waals surface area contributed by atoms with Crippen LogP contribution in [0.4, 0.5) is 0 Å². The van der Waals surface area contributed by atoms with E-state index in [1.165, 1.54) is 7.11 Å². The smallest absolute Gasteiger partial charge is 0.308 e. The predicted octanol–water partition coefficient (Wildman–Crippen LogP) is 1.87. The third kappa shape index (κ3) is 3.86. The van der Waals surface area contributed by atoms with Crippen LogP contribution < -0.4 is 0 Å². The molecule has 1 saturated carbocycles. The highest BCUT2D eigenvalue weighted by Gasteiger charge is 2.47. The van der Waals surface area contributed by atoms with E-state index in [1.54, 1.807) is 0 Å². The summed E-state index contributed by atoms with van der Waals surface area (Å²) in [5, 5.41) is 0. The second-order valence-electron chi connectivity index (χ2n) is 8.20. The van der Waals surface area contributed by atoms with E-state index in [0.29, 0.717) is 0 Å². The quantitative estimate of drug-likeness (QED) is 0.548. The Labute approximate surface area is 156 Å². The zero-order valence-electron chi connectivity index (χ0n) is 15.9. The molecule has 0 aromatic heterocycles. The van der Waals surface area contributed by atoms with Crippen molar-refractivity contribution in [3.05, 3.63) is 0 Å². The average Bonchev–Trinajstić information content (AvgIpc) is 2.73. The van der Waals surface area contributed by atoms with E-state index < -0.39 is 0 Å². The first kappa shape index (κ1) is 19.5. The van der Waals surface area contributed by atoms with Gasteiger partial charge in [-0.15, -0.1) is 0 Å². The SMILES string of the molecule is COC(=O)C1CCC(N2CCC(C=O)CC2)(N2CCC(C=O)CC2)CC1. The fourth-order valence-corrected chi connectivity index (χ4v) is 5.22. The van der Waals surface area contributed by atoms with E-state index in [4.69, 9.17) is 4.74 Å². The fourth-order valence-electron chi connectivity index (χ4n) is 5.22. The van der Waals surface area contributed by atoms with Crippen molar-refractivity contribution < 1.29 is 19.1 Å². The fraction of sp³-hybridized carbons (Fsp3) is 0.850. The second kappa shape index (κ2) is 8.61. The van der Waals surface area contributed by atoms with Gasteiger partial charge in [0.15, 0.2) is 0 Å². The maximum absolute atomic E-state index is 12.0. The Kier molecular flexibility index (Phi) is 6.46.